The van der Waals surface area contributed by atoms with Gasteiger partial charge in [0.1, 0.15) is 0 Å². The number of amides is 1. The number of hydrogen-bond donors (Lipinski definition) is 1. The summed E-state index contributed by atoms with van der Waals surface area (Å²) in [6, 6.07) is 0.359. The number of rotatable bonds is 4. The van der Waals surface area contributed by atoms with E-state index in [1.165, 1.54) is 12.8 Å². The number of carbonyl (C=O) groups is 1. The van der Waals surface area contributed by atoms with Crippen molar-refractivity contribution in [1.82, 2.24) is 30.1 Å². The minimum Gasteiger partial charge on any atom is -0.340 e. The number of aromatic nitrogens is 3. The van der Waals surface area contributed by atoms with Crippen molar-refractivity contribution >= 4 is 5.91 Å². The molecule has 0 radical (unpaired) electrons. The molecule has 1 aromatic heterocycles. The molecule has 0 bridgehead atoms. The van der Waals surface area contributed by atoms with Gasteiger partial charge in [0, 0.05) is 20.1 Å². The number of hydrogen-bond acceptors (Lipinski definition) is 5. The fraction of sp³-hybridized carbons (Fsp3) is 0.824. The van der Waals surface area contributed by atoms with Gasteiger partial charge in [0.15, 0.2) is 5.69 Å². The predicted octanol–water partition coefficient (Wildman–Crippen LogP) is 0.925. The van der Waals surface area contributed by atoms with E-state index in [0.717, 1.165) is 51.3 Å². The van der Waals surface area contributed by atoms with Gasteiger partial charge in [-0.05, 0) is 65.2 Å². The average molecular weight is 334 g/mol. The van der Waals surface area contributed by atoms with Crippen molar-refractivity contribution in [2.45, 2.75) is 38.6 Å². The van der Waals surface area contributed by atoms with E-state index in [1.54, 1.807) is 0 Å². The van der Waals surface area contributed by atoms with E-state index in [1.807, 2.05) is 23.6 Å². The van der Waals surface area contributed by atoms with Gasteiger partial charge in [-0.25, -0.2) is 4.68 Å². The molecule has 7 heteroatoms. The molecule has 0 aromatic carbocycles. The van der Waals surface area contributed by atoms with Crippen molar-refractivity contribution in [3.8, 4) is 0 Å². The molecule has 24 heavy (non-hydrogen) atoms. The number of piperidine rings is 2. The maximum Gasteiger partial charge on any atom is 0.276 e. The maximum atomic E-state index is 12.8. The van der Waals surface area contributed by atoms with Crippen LogP contribution in [0.4, 0.5) is 0 Å². The quantitative estimate of drug-likeness (QED) is 0.887. The van der Waals surface area contributed by atoms with E-state index in [0.29, 0.717) is 17.7 Å². The van der Waals surface area contributed by atoms with Crippen LogP contribution in [-0.2, 0) is 0 Å². The normalized spacial score (nSPS) is 23.4. The lowest BCUT2D eigenvalue weighted by Crippen LogP contribution is -2.40. The molecule has 3 heterocycles. The fourth-order valence-corrected chi connectivity index (χ4v) is 4.01. The molecule has 1 unspecified atom stereocenters. The van der Waals surface area contributed by atoms with Crippen LogP contribution in [0.5, 0.6) is 0 Å². The third kappa shape index (κ3) is 3.78. The van der Waals surface area contributed by atoms with Gasteiger partial charge in [-0.3, -0.25) is 4.79 Å². The summed E-state index contributed by atoms with van der Waals surface area (Å²) in [4.78, 5) is 17.0. The lowest BCUT2D eigenvalue weighted by atomic mass is 9.98. The van der Waals surface area contributed by atoms with E-state index in [9.17, 15) is 4.79 Å². The van der Waals surface area contributed by atoms with E-state index in [2.05, 4.69) is 27.6 Å². The zero-order chi connectivity index (χ0) is 17.1. The van der Waals surface area contributed by atoms with Crippen molar-refractivity contribution < 1.29 is 4.79 Å². The summed E-state index contributed by atoms with van der Waals surface area (Å²) in [6.07, 6.45) is 4.50. The Morgan fingerprint density at radius 3 is 2.79 bits per heavy atom. The molecular formula is C17H30N6O. The molecule has 2 saturated heterocycles. The first-order valence-electron chi connectivity index (χ1n) is 9.12. The Hall–Kier alpha value is -1.47. The van der Waals surface area contributed by atoms with E-state index >= 15 is 0 Å². The lowest BCUT2D eigenvalue weighted by Gasteiger charge is -2.32. The van der Waals surface area contributed by atoms with Gasteiger partial charge in [-0.1, -0.05) is 5.21 Å². The third-order valence-electron chi connectivity index (χ3n) is 5.39. The third-order valence-corrected chi connectivity index (χ3v) is 5.39. The smallest absolute Gasteiger partial charge is 0.276 e. The van der Waals surface area contributed by atoms with Crippen molar-refractivity contribution in [3.05, 3.63) is 11.4 Å². The molecule has 2 fully saturated rings. The van der Waals surface area contributed by atoms with E-state index in [4.69, 9.17) is 0 Å². The molecule has 0 aliphatic carbocycles. The monoisotopic (exact) mass is 334 g/mol. The van der Waals surface area contributed by atoms with Crippen LogP contribution in [0.2, 0.25) is 0 Å². The van der Waals surface area contributed by atoms with Crippen molar-refractivity contribution in [1.29, 1.82) is 0 Å². The van der Waals surface area contributed by atoms with Crippen LogP contribution in [0.25, 0.3) is 0 Å². The van der Waals surface area contributed by atoms with E-state index in [-0.39, 0.29) is 5.91 Å². The molecule has 1 aromatic rings. The minimum absolute atomic E-state index is 0.000843. The average Bonchev–Trinajstić information content (AvgIpc) is 2.96. The Morgan fingerprint density at radius 1 is 1.33 bits per heavy atom. The maximum absolute atomic E-state index is 12.8. The van der Waals surface area contributed by atoms with Gasteiger partial charge in [0.2, 0.25) is 0 Å². The SMILES string of the molecule is Cc1c(C(=O)N(C)CC2CCCN(C)C2)nnn1C1CCNCC1. The Labute approximate surface area is 144 Å². The number of nitrogens with zero attached hydrogens (tertiary/aromatic N) is 5. The van der Waals surface area contributed by atoms with Crippen LogP contribution in [0.15, 0.2) is 0 Å². The Bertz CT molecular complexity index is 565. The zero-order valence-electron chi connectivity index (χ0n) is 15.2. The molecule has 0 saturated carbocycles. The zero-order valence-corrected chi connectivity index (χ0v) is 15.2. The van der Waals surface area contributed by atoms with Crippen molar-refractivity contribution in [2.75, 3.05) is 46.8 Å². The second-order valence-electron chi connectivity index (χ2n) is 7.41. The fourth-order valence-electron chi connectivity index (χ4n) is 4.01. The summed E-state index contributed by atoms with van der Waals surface area (Å²) >= 11 is 0. The van der Waals surface area contributed by atoms with Gasteiger partial charge in [0.05, 0.1) is 11.7 Å². The summed E-state index contributed by atoms with van der Waals surface area (Å²) in [7, 11) is 4.04. The highest BCUT2D eigenvalue weighted by Crippen LogP contribution is 2.21. The number of carbonyl (C=O) groups excluding carboxylic acids is 1. The van der Waals surface area contributed by atoms with Crippen LogP contribution < -0.4 is 5.32 Å². The standard InChI is InChI=1S/C17H30N6O/c1-13-16(19-20-23(13)15-6-8-18-9-7-15)17(24)22(3)12-14-5-4-10-21(2)11-14/h14-15,18H,4-12H2,1-3H3. The number of nitrogens with one attached hydrogen (secondary N) is 1. The van der Waals surface area contributed by atoms with E-state index < -0.39 is 0 Å². The van der Waals surface area contributed by atoms with Gasteiger partial charge in [-0.2, -0.15) is 0 Å². The van der Waals surface area contributed by atoms with Crippen LogP contribution in [0.1, 0.15) is 47.9 Å². The largest absolute Gasteiger partial charge is 0.340 e. The molecule has 1 N–H and O–H groups in total. The van der Waals surface area contributed by atoms with Crippen LogP contribution in [0.3, 0.4) is 0 Å². The van der Waals surface area contributed by atoms with Crippen LogP contribution in [0, 0.1) is 12.8 Å². The van der Waals surface area contributed by atoms with Crippen LogP contribution >= 0.6 is 0 Å². The Morgan fingerprint density at radius 2 is 2.08 bits per heavy atom. The van der Waals surface area contributed by atoms with Gasteiger partial charge in [0.25, 0.3) is 5.91 Å². The topological polar surface area (TPSA) is 66.3 Å². The molecule has 7 nitrogen and oxygen atoms in total. The molecule has 1 atom stereocenters. The highest BCUT2D eigenvalue weighted by molar-refractivity contribution is 5.93. The molecule has 0 spiro atoms. The highest BCUT2D eigenvalue weighted by Gasteiger charge is 2.26. The second-order valence-corrected chi connectivity index (χ2v) is 7.41. The molecule has 3 rings (SSSR count). The summed E-state index contributed by atoms with van der Waals surface area (Å²) in [5, 5.41) is 11.9. The number of likely N-dealkylation sites (tertiary alicyclic amines) is 1. The summed E-state index contributed by atoms with van der Waals surface area (Å²) in [5.74, 6) is 0.554. The second kappa shape index (κ2) is 7.61. The van der Waals surface area contributed by atoms with Gasteiger partial charge in [-0.15, -0.1) is 5.10 Å². The molecule has 1 amide bonds. The molecular weight excluding hydrogens is 304 g/mol. The van der Waals surface area contributed by atoms with Crippen LogP contribution in [-0.4, -0.2) is 77.5 Å². The first kappa shape index (κ1) is 17.4. The van der Waals surface area contributed by atoms with Gasteiger partial charge >= 0.3 is 0 Å². The molecule has 2 aliphatic heterocycles. The summed E-state index contributed by atoms with van der Waals surface area (Å²) < 4.78 is 1.95. The Balaban J connectivity index is 1.64. The first-order valence-corrected chi connectivity index (χ1v) is 9.12. The van der Waals surface area contributed by atoms with Crippen molar-refractivity contribution in [2.24, 2.45) is 5.92 Å². The van der Waals surface area contributed by atoms with Gasteiger partial charge < -0.3 is 15.1 Å². The molecule has 134 valence electrons. The Kier molecular flexibility index (Phi) is 5.50. The minimum atomic E-state index is 0.000843. The summed E-state index contributed by atoms with van der Waals surface area (Å²) in [5.41, 5.74) is 1.42. The van der Waals surface area contributed by atoms with Crippen molar-refractivity contribution in [3.63, 3.8) is 0 Å². The lowest BCUT2D eigenvalue weighted by molar-refractivity contribution is 0.0734. The predicted molar refractivity (Wildman–Crippen MR) is 93.1 cm³/mol. The summed E-state index contributed by atoms with van der Waals surface area (Å²) in [6.45, 7) is 7.00. The highest BCUT2D eigenvalue weighted by atomic mass is 16.2. The molecule has 2 aliphatic rings. The first-order chi connectivity index (χ1) is 11.6.